The Morgan fingerprint density at radius 1 is 1.47 bits per heavy atom. The summed E-state index contributed by atoms with van der Waals surface area (Å²) in [6.45, 7) is 6.53. The van der Waals surface area contributed by atoms with Crippen molar-refractivity contribution in [1.82, 2.24) is 15.5 Å². The third-order valence-corrected chi connectivity index (χ3v) is 3.70. The molecule has 1 aliphatic rings. The summed E-state index contributed by atoms with van der Waals surface area (Å²) in [6.07, 6.45) is 0.938. The molecule has 104 valence electrons. The summed E-state index contributed by atoms with van der Waals surface area (Å²) in [7, 11) is 2.06. The van der Waals surface area contributed by atoms with Crippen LogP contribution in [0.1, 0.15) is 28.4 Å². The number of fused-ring (bicyclic) bond motifs is 1. The van der Waals surface area contributed by atoms with Gasteiger partial charge in [0.25, 0.3) is 5.91 Å². The predicted molar refractivity (Wildman–Crippen MR) is 77.4 cm³/mol. The fourth-order valence-electron chi connectivity index (χ4n) is 2.36. The van der Waals surface area contributed by atoms with Gasteiger partial charge < -0.3 is 15.5 Å². The second-order valence-corrected chi connectivity index (χ2v) is 5.02. The molecular formula is C15H23N3O. The Bertz CT molecular complexity index is 445. The summed E-state index contributed by atoms with van der Waals surface area (Å²) in [4.78, 5) is 14.4. The average Bonchev–Trinajstić information content (AvgIpc) is 2.46. The lowest BCUT2D eigenvalue weighted by molar-refractivity contribution is 0.0949. The number of hydrogen-bond acceptors (Lipinski definition) is 3. The molecule has 4 heteroatoms. The molecule has 1 aliphatic heterocycles. The number of rotatable bonds is 5. The molecule has 0 aromatic heterocycles. The van der Waals surface area contributed by atoms with Crippen molar-refractivity contribution < 1.29 is 4.79 Å². The molecule has 2 N–H and O–H groups in total. The van der Waals surface area contributed by atoms with Gasteiger partial charge in [0.05, 0.1) is 0 Å². The van der Waals surface area contributed by atoms with Gasteiger partial charge in [-0.15, -0.1) is 0 Å². The van der Waals surface area contributed by atoms with Crippen LogP contribution < -0.4 is 10.6 Å². The van der Waals surface area contributed by atoms with E-state index in [4.69, 9.17) is 0 Å². The van der Waals surface area contributed by atoms with Crippen LogP contribution in [-0.4, -0.2) is 44.0 Å². The fraction of sp³-hybridized carbons (Fsp3) is 0.533. The molecule has 0 bridgehead atoms. The van der Waals surface area contributed by atoms with Crippen LogP contribution in [-0.2, 0) is 13.0 Å². The van der Waals surface area contributed by atoms with E-state index in [1.54, 1.807) is 0 Å². The number of carbonyl (C=O) groups excluding carboxylic acids is 1. The Kier molecular flexibility index (Phi) is 4.93. The minimum atomic E-state index is 0.0586. The molecule has 1 aromatic rings. The second-order valence-electron chi connectivity index (χ2n) is 5.02. The zero-order valence-corrected chi connectivity index (χ0v) is 11.8. The first kappa shape index (κ1) is 14.0. The number of likely N-dealkylation sites (N-methyl/N-ethyl adjacent to an activating group) is 1. The van der Waals surface area contributed by atoms with Gasteiger partial charge in [0.2, 0.25) is 0 Å². The van der Waals surface area contributed by atoms with E-state index in [1.807, 2.05) is 12.1 Å². The smallest absolute Gasteiger partial charge is 0.251 e. The van der Waals surface area contributed by atoms with Gasteiger partial charge in [-0.2, -0.15) is 0 Å². The molecule has 0 saturated heterocycles. The monoisotopic (exact) mass is 261 g/mol. The molecule has 0 saturated carbocycles. The third kappa shape index (κ3) is 3.55. The van der Waals surface area contributed by atoms with E-state index in [0.29, 0.717) is 6.54 Å². The summed E-state index contributed by atoms with van der Waals surface area (Å²) >= 11 is 0. The van der Waals surface area contributed by atoms with Crippen molar-refractivity contribution in [3.63, 3.8) is 0 Å². The first-order chi connectivity index (χ1) is 9.22. The number of hydrogen-bond donors (Lipinski definition) is 2. The van der Waals surface area contributed by atoms with E-state index in [1.165, 1.54) is 11.1 Å². The average molecular weight is 261 g/mol. The maximum Gasteiger partial charge on any atom is 0.251 e. The first-order valence-corrected chi connectivity index (χ1v) is 7.00. The fourth-order valence-corrected chi connectivity index (χ4v) is 2.36. The molecular weight excluding hydrogens is 238 g/mol. The Morgan fingerprint density at radius 3 is 3.11 bits per heavy atom. The molecule has 0 radical (unpaired) electrons. The molecule has 4 nitrogen and oxygen atoms in total. The first-order valence-electron chi connectivity index (χ1n) is 7.00. The van der Waals surface area contributed by atoms with Gasteiger partial charge in [0.1, 0.15) is 0 Å². The zero-order valence-electron chi connectivity index (χ0n) is 11.8. The van der Waals surface area contributed by atoms with Crippen molar-refractivity contribution >= 4 is 5.91 Å². The predicted octanol–water partition coefficient (Wildman–Crippen LogP) is 1.01. The summed E-state index contributed by atoms with van der Waals surface area (Å²) in [5.74, 6) is 0.0586. The van der Waals surface area contributed by atoms with E-state index in [2.05, 4.69) is 35.6 Å². The Balaban J connectivity index is 1.99. The third-order valence-electron chi connectivity index (χ3n) is 3.70. The van der Waals surface area contributed by atoms with Gasteiger partial charge in [-0.3, -0.25) is 4.79 Å². The van der Waals surface area contributed by atoms with Crippen LogP contribution in [0.15, 0.2) is 18.2 Å². The lowest BCUT2D eigenvalue weighted by atomic mass is 9.95. The van der Waals surface area contributed by atoms with Gasteiger partial charge in [0.15, 0.2) is 0 Å². The van der Waals surface area contributed by atoms with Gasteiger partial charge >= 0.3 is 0 Å². The van der Waals surface area contributed by atoms with Gasteiger partial charge in [0, 0.05) is 25.2 Å². The van der Waals surface area contributed by atoms with Gasteiger partial charge in [-0.1, -0.05) is 19.1 Å². The highest BCUT2D eigenvalue weighted by Crippen LogP contribution is 2.18. The van der Waals surface area contributed by atoms with Crippen LogP contribution in [0.2, 0.25) is 0 Å². The normalized spacial score (nSPS) is 14.3. The van der Waals surface area contributed by atoms with E-state index in [0.717, 1.165) is 38.2 Å². The molecule has 0 aliphatic carbocycles. The number of amides is 1. The molecule has 1 aromatic carbocycles. The minimum absolute atomic E-state index is 0.0586. The molecule has 1 amide bonds. The largest absolute Gasteiger partial charge is 0.351 e. The summed E-state index contributed by atoms with van der Waals surface area (Å²) in [5.41, 5.74) is 3.31. The van der Waals surface area contributed by atoms with Crippen molar-refractivity contribution in [3.05, 3.63) is 34.9 Å². The van der Waals surface area contributed by atoms with Gasteiger partial charge in [-0.05, 0) is 43.8 Å². The topological polar surface area (TPSA) is 44.4 Å². The Morgan fingerprint density at radius 2 is 2.32 bits per heavy atom. The Hall–Kier alpha value is -1.39. The Labute approximate surface area is 115 Å². The van der Waals surface area contributed by atoms with E-state index >= 15 is 0 Å². The number of nitrogens with one attached hydrogen (secondary N) is 2. The van der Waals surface area contributed by atoms with E-state index < -0.39 is 0 Å². The SMILES string of the molecule is CCN(C)CCNC(=O)c1cccc2c1CCNC2. The summed E-state index contributed by atoms with van der Waals surface area (Å²) < 4.78 is 0. The molecule has 1 heterocycles. The molecule has 2 rings (SSSR count). The molecule has 0 fully saturated rings. The maximum absolute atomic E-state index is 12.2. The number of nitrogens with zero attached hydrogens (tertiary/aromatic N) is 1. The van der Waals surface area contributed by atoms with Crippen molar-refractivity contribution in [2.24, 2.45) is 0 Å². The molecule has 19 heavy (non-hydrogen) atoms. The van der Waals surface area contributed by atoms with E-state index in [9.17, 15) is 4.79 Å². The van der Waals surface area contributed by atoms with Crippen LogP contribution >= 0.6 is 0 Å². The van der Waals surface area contributed by atoms with Gasteiger partial charge in [-0.25, -0.2) is 0 Å². The minimum Gasteiger partial charge on any atom is -0.351 e. The van der Waals surface area contributed by atoms with Crippen molar-refractivity contribution in [3.8, 4) is 0 Å². The highest BCUT2D eigenvalue weighted by atomic mass is 16.1. The molecule has 0 spiro atoms. The summed E-state index contributed by atoms with van der Waals surface area (Å²) in [5, 5.41) is 6.35. The lowest BCUT2D eigenvalue weighted by Gasteiger charge is -2.20. The van der Waals surface area contributed by atoms with Crippen LogP contribution in [0, 0.1) is 0 Å². The van der Waals surface area contributed by atoms with Crippen LogP contribution in [0.3, 0.4) is 0 Å². The second kappa shape index (κ2) is 6.68. The summed E-state index contributed by atoms with van der Waals surface area (Å²) in [6, 6.07) is 6.01. The highest BCUT2D eigenvalue weighted by Gasteiger charge is 2.16. The van der Waals surface area contributed by atoms with Crippen LogP contribution in [0.25, 0.3) is 0 Å². The van der Waals surface area contributed by atoms with Crippen molar-refractivity contribution in [1.29, 1.82) is 0 Å². The van der Waals surface area contributed by atoms with Crippen LogP contribution in [0.5, 0.6) is 0 Å². The molecule has 0 unspecified atom stereocenters. The molecule has 0 atom stereocenters. The van der Waals surface area contributed by atoms with Crippen molar-refractivity contribution in [2.45, 2.75) is 19.9 Å². The highest BCUT2D eigenvalue weighted by molar-refractivity contribution is 5.96. The number of benzene rings is 1. The standard InChI is InChI=1S/C15H23N3O/c1-3-18(2)10-9-17-15(19)14-6-4-5-12-11-16-8-7-13(12)14/h4-6,16H,3,7-11H2,1-2H3,(H,17,19). The number of carbonyl (C=O) groups is 1. The van der Waals surface area contributed by atoms with E-state index in [-0.39, 0.29) is 5.91 Å². The maximum atomic E-state index is 12.2. The van der Waals surface area contributed by atoms with Crippen molar-refractivity contribution in [2.75, 3.05) is 33.2 Å². The lowest BCUT2D eigenvalue weighted by Crippen LogP contribution is -2.34. The quantitative estimate of drug-likeness (QED) is 0.831. The zero-order chi connectivity index (χ0) is 13.7. The van der Waals surface area contributed by atoms with Crippen LogP contribution in [0.4, 0.5) is 0 Å².